The highest BCUT2D eigenvalue weighted by Crippen LogP contribution is 2.33. The molecule has 28 heavy (non-hydrogen) atoms. The lowest BCUT2D eigenvalue weighted by Gasteiger charge is -2.24. The van der Waals surface area contributed by atoms with Gasteiger partial charge in [0.05, 0.1) is 10.9 Å². The fraction of sp³-hybridized carbons (Fsp3) is 0.650. The summed E-state index contributed by atoms with van der Waals surface area (Å²) in [7, 11) is -3.44. The molecule has 6 nitrogen and oxygen atoms in total. The van der Waals surface area contributed by atoms with E-state index in [0.29, 0.717) is 36.5 Å². The second-order valence-electron chi connectivity index (χ2n) is 7.56. The first kappa shape index (κ1) is 23.1. The molecule has 3 rings (SSSR count). The largest absolute Gasteiger partial charge is 0.351 e. The third kappa shape index (κ3) is 5.06. The molecule has 1 amide bonds. The van der Waals surface area contributed by atoms with Gasteiger partial charge in [0.2, 0.25) is 15.9 Å². The van der Waals surface area contributed by atoms with Gasteiger partial charge in [0.15, 0.2) is 0 Å². The average molecular weight is 430 g/mol. The van der Waals surface area contributed by atoms with Gasteiger partial charge >= 0.3 is 0 Å². The van der Waals surface area contributed by atoms with Crippen LogP contribution in [0, 0.1) is 5.92 Å². The van der Waals surface area contributed by atoms with Gasteiger partial charge in [0.25, 0.3) is 0 Å². The molecule has 2 aliphatic rings. The van der Waals surface area contributed by atoms with E-state index in [-0.39, 0.29) is 24.4 Å². The van der Waals surface area contributed by atoms with Crippen molar-refractivity contribution in [3.8, 4) is 0 Å². The van der Waals surface area contributed by atoms with E-state index in [1.54, 1.807) is 24.3 Å². The zero-order chi connectivity index (χ0) is 19.4. The summed E-state index contributed by atoms with van der Waals surface area (Å²) in [4.78, 5) is 12.8. The Bertz CT molecular complexity index is 736. The topological polar surface area (TPSA) is 78.5 Å². The van der Waals surface area contributed by atoms with Crippen LogP contribution in [0.15, 0.2) is 29.2 Å². The molecule has 8 heteroatoms. The van der Waals surface area contributed by atoms with Gasteiger partial charge in [-0.15, -0.1) is 12.4 Å². The first-order chi connectivity index (χ1) is 13.0. The third-order valence-electron chi connectivity index (χ3n) is 5.91. The summed E-state index contributed by atoms with van der Waals surface area (Å²) >= 11 is 0. The van der Waals surface area contributed by atoms with Crippen LogP contribution in [0.3, 0.4) is 0 Å². The summed E-state index contributed by atoms with van der Waals surface area (Å²) in [6, 6.07) is 7.20. The molecule has 1 aromatic carbocycles. The van der Waals surface area contributed by atoms with Gasteiger partial charge in [-0.25, -0.2) is 8.42 Å². The molecule has 158 valence electrons. The lowest BCUT2D eigenvalue weighted by atomic mass is 9.85. The number of benzene rings is 1. The second kappa shape index (κ2) is 10.1. The number of halogens is 1. The molecule has 0 radical (unpaired) electrons. The fourth-order valence-electron chi connectivity index (χ4n) is 4.33. The van der Waals surface area contributed by atoms with E-state index < -0.39 is 10.0 Å². The average Bonchev–Trinajstić information content (AvgIpc) is 3.11. The van der Waals surface area contributed by atoms with Crippen LogP contribution in [0.25, 0.3) is 0 Å². The maximum absolute atomic E-state index is 12.5. The van der Waals surface area contributed by atoms with Crippen LogP contribution in [0.4, 0.5) is 0 Å². The number of carbonyl (C=O) groups is 1. The normalized spacial score (nSPS) is 24.5. The predicted molar refractivity (Wildman–Crippen MR) is 113 cm³/mol. The Morgan fingerprint density at radius 2 is 1.79 bits per heavy atom. The molecule has 1 aromatic rings. The first-order valence-electron chi connectivity index (χ1n) is 10.1. The number of carbonyl (C=O) groups excluding carboxylic acids is 1. The van der Waals surface area contributed by atoms with Gasteiger partial charge in [-0.2, -0.15) is 4.31 Å². The Morgan fingerprint density at radius 3 is 2.39 bits per heavy atom. The minimum Gasteiger partial charge on any atom is -0.351 e. The maximum Gasteiger partial charge on any atom is 0.243 e. The van der Waals surface area contributed by atoms with Gasteiger partial charge < -0.3 is 10.6 Å². The monoisotopic (exact) mass is 429 g/mol. The molecule has 0 spiro atoms. The van der Waals surface area contributed by atoms with Gasteiger partial charge in [-0.3, -0.25) is 4.79 Å². The van der Waals surface area contributed by atoms with E-state index in [2.05, 4.69) is 10.6 Å². The Balaban J connectivity index is 0.00000280. The third-order valence-corrected chi connectivity index (χ3v) is 7.98. The fourth-order valence-corrected chi connectivity index (χ4v) is 5.78. The van der Waals surface area contributed by atoms with Gasteiger partial charge in [0, 0.05) is 25.7 Å². The van der Waals surface area contributed by atoms with Crippen molar-refractivity contribution in [1.82, 2.24) is 14.9 Å². The molecule has 1 saturated carbocycles. The Hall–Kier alpha value is -1.15. The van der Waals surface area contributed by atoms with E-state index in [1.165, 1.54) is 30.0 Å². The van der Waals surface area contributed by atoms with Gasteiger partial charge in [0.1, 0.15) is 0 Å². The SMILES string of the molecule is CCN(CC)S(=O)(=O)c1ccc(CNC(=O)C2CC3CCCCC3N2)cc1.Cl. The van der Waals surface area contributed by atoms with Crippen molar-refractivity contribution in [3.05, 3.63) is 29.8 Å². The van der Waals surface area contributed by atoms with Crippen LogP contribution in [-0.4, -0.2) is 43.8 Å². The molecule has 2 N–H and O–H groups in total. The molecular weight excluding hydrogens is 398 g/mol. The molecule has 1 aliphatic heterocycles. The van der Waals surface area contributed by atoms with Crippen molar-refractivity contribution in [2.75, 3.05) is 13.1 Å². The number of nitrogens with zero attached hydrogens (tertiary/aromatic N) is 1. The molecule has 3 unspecified atom stereocenters. The molecule has 1 saturated heterocycles. The predicted octanol–water partition coefficient (Wildman–Crippen LogP) is 2.68. The lowest BCUT2D eigenvalue weighted by Crippen LogP contribution is -2.42. The van der Waals surface area contributed by atoms with Crippen molar-refractivity contribution in [1.29, 1.82) is 0 Å². The van der Waals surface area contributed by atoms with Gasteiger partial charge in [-0.1, -0.05) is 38.8 Å². The first-order valence-corrected chi connectivity index (χ1v) is 11.5. The molecule has 1 aliphatic carbocycles. The number of hydrogen-bond donors (Lipinski definition) is 2. The molecule has 1 heterocycles. The highest BCUT2D eigenvalue weighted by molar-refractivity contribution is 7.89. The van der Waals surface area contributed by atoms with Crippen molar-refractivity contribution >= 4 is 28.3 Å². The number of fused-ring (bicyclic) bond motifs is 1. The number of hydrogen-bond acceptors (Lipinski definition) is 4. The second-order valence-corrected chi connectivity index (χ2v) is 9.50. The Kier molecular flexibility index (Phi) is 8.30. The van der Waals surface area contributed by atoms with Crippen LogP contribution in [-0.2, 0) is 21.4 Å². The van der Waals surface area contributed by atoms with E-state index in [1.807, 2.05) is 13.8 Å². The summed E-state index contributed by atoms with van der Waals surface area (Å²) < 4.78 is 26.5. The molecular formula is C20H32ClN3O3S. The van der Waals surface area contributed by atoms with Crippen LogP contribution >= 0.6 is 12.4 Å². The van der Waals surface area contributed by atoms with E-state index >= 15 is 0 Å². The Morgan fingerprint density at radius 1 is 1.14 bits per heavy atom. The number of nitrogens with one attached hydrogen (secondary N) is 2. The molecule has 0 bridgehead atoms. The summed E-state index contributed by atoms with van der Waals surface area (Å²) in [6.07, 6.45) is 5.86. The standard InChI is InChI=1S/C20H31N3O3S.ClH/c1-3-23(4-2)27(25,26)17-11-9-15(10-12-17)14-21-20(24)19-13-16-7-5-6-8-18(16)22-19;/h9-12,16,18-19,22H,3-8,13-14H2,1-2H3,(H,21,24);1H. The minimum atomic E-state index is -3.44. The van der Waals surface area contributed by atoms with E-state index in [0.717, 1.165) is 12.0 Å². The van der Waals surface area contributed by atoms with E-state index in [4.69, 9.17) is 0 Å². The number of sulfonamides is 1. The van der Waals surface area contributed by atoms with Crippen LogP contribution in [0.2, 0.25) is 0 Å². The molecule has 2 fully saturated rings. The van der Waals surface area contributed by atoms with Crippen LogP contribution in [0.5, 0.6) is 0 Å². The summed E-state index contributed by atoms with van der Waals surface area (Å²) in [5.41, 5.74) is 0.900. The molecule has 3 atom stereocenters. The number of rotatable bonds is 7. The molecule has 0 aromatic heterocycles. The maximum atomic E-state index is 12.5. The summed E-state index contributed by atoms with van der Waals surface area (Å²) in [5.74, 6) is 0.684. The van der Waals surface area contributed by atoms with Crippen molar-refractivity contribution in [2.24, 2.45) is 5.92 Å². The van der Waals surface area contributed by atoms with Crippen molar-refractivity contribution in [2.45, 2.75) is 69.5 Å². The van der Waals surface area contributed by atoms with Crippen molar-refractivity contribution in [3.63, 3.8) is 0 Å². The zero-order valence-electron chi connectivity index (χ0n) is 16.7. The quantitative estimate of drug-likeness (QED) is 0.698. The van der Waals surface area contributed by atoms with Crippen molar-refractivity contribution < 1.29 is 13.2 Å². The van der Waals surface area contributed by atoms with E-state index in [9.17, 15) is 13.2 Å². The minimum absolute atomic E-state index is 0. The Labute approximate surface area is 174 Å². The highest BCUT2D eigenvalue weighted by Gasteiger charge is 2.38. The highest BCUT2D eigenvalue weighted by atomic mass is 35.5. The zero-order valence-corrected chi connectivity index (χ0v) is 18.3. The lowest BCUT2D eigenvalue weighted by molar-refractivity contribution is -0.123. The summed E-state index contributed by atoms with van der Waals surface area (Å²) in [6.45, 7) is 4.98. The van der Waals surface area contributed by atoms with Crippen LogP contribution in [0.1, 0.15) is 51.5 Å². The van der Waals surface area contributed by atoms with Crippen LogP contribution < -0.4 is 10.6 Å². The number of amides is 1. The smallest absolute Gasteiger partial charge is 0.243 e. The van der Waals surface area contributed by atoms with Gasteiger partial charge in [-0.05, 0) is 42.9 Å². The summed E-state index contributed by atoms with van der Waals surface area (Å²) in [5, 5.41) is 6.48.